The van der Waals surface area contributed by atoms with E-state index in [1.807, 2.05) is 0 Å². The number of halogens is 2. The third kappa shape index (κ3) is 4.02. The Balaban J connectivity index is 2.14. The number of nitrogens with one attached hydrogen (secondary N) is 2. The second-order valence-electron chi connectivity index (χ2n) is 4.82. The molecule has 116 valence electrons. The minimum atomic E-state index is -0.609. The van der Waals surface area contributed by atoms with Gasteiger partial charge >= 0.3 is 0 Å². The largest absolute Gasteiger partial charge is 0.387 e. The Morgan fingerprint density at radius 3 is 2.64 bits per heavy atom. The Hall–Kier alpha value is -2.47. The summed E-state index contributed by atoms with van der Waals surface area (Å²) >= 11 is 0. The van der Waals surface area contributed by atoms with Crippen LogP contribution in [0.4, 0.5) is 20.2 Å². The molecule has 1 amide bonds. The molecule has 0 aliphatic rings. The molecule has 0 aliphatic heterocycles. The van der Waals surface area contributed by atoms with Crippen LogP contribution in [-0.4, -0.2) is 17.6 Å². The lowest BCUT2D eigenvalue weighted by Crippen LogP contribution is -2.15. The molecule has 3 N–H and O–H groups in total. The van der Waals surface area contributed by atoms with Crippen LogP contribution in [0, 0.1) is 11.6 Å². The van der Waals surface area contributed by atoms with Gasteiger partial charge in [0.2, 0.25) is 5.91 Å². The van der Waals surface area contributed by atoms with Crippen molar-refractivity contribution in [1.82, 2.24) is 0 Å². The molecule has 2 rings (SSSR count). The summed E-state index contributed by atoms with van der Waals surface area (Å²) in [6.07, 6.45) is 0. The third-order valence-corrected chi connectivity index (χ3v) is 3.10. The number of aliphatic hydroxyl groups is 1. The van der Waals surface area contributed by atoms with Gasteiger partial charge in [0, 0.05) is 16.9 Å². The van der Waals surface area contributed by atoms with E-state index < -0.39 is 30.2 Å². The van der Waals surface area contributed by atoms with E-state index in [0.29, 0.717) is 11.4 Å². The smallest absolute Gasteiger partial charge is 0.250 e. The van der Waals surface area contributed by atoms with Crippen molar-refractivity contribution in [2.24, 2.45) is 0 Å². The quantitative estimate of drug-likeness (QED) is 0.795. The van der Waals surface area contributed by atoms with Crippen LogP contribution in [0.1, 0.15) is 18.5 Å². The zero-order chi connectivity index (χ0) is 16.1. The lowest BCUT2D eigenvalue weighted by molar-refractivity contribution is -0.118. The van der Waals surface area contributed by atoms with Gasteiger partial charge in [0.1, 0.15) is 18.2 Å². The van der Waals surface area contributed by atoms with Crippen LogP contribution in [0.15, 0.2) is 42.5 Å². The van der Waals surface area contributed by atoms with Crippen LogP contribution in [0.3, 0.4) is 0 Å². The third-order valence-electron chi connectivity index (χ3n) is 3.10. The fraction of sp³-hybridized carbons (Fsp3) is 0.188. The highest BCUT2D eigenvalue weighted by Gasteiger charge is 2.12. The first-order valence-corrected chi connectivity index (χ1v) is 6.72. The summed E-state index contributed by atoms with van der Waals surface area (Å²) in [4.78, 5) is 11.1. The van der Waals surface area contributed by atoms with Gasteiger partial charge in [0.15, 0.2) is 0 Å². The molecule has 2 aromatic rings. The van der Waals surface area contributed by atoms with Crippen molar-refractivity contribution in [1.29, 1.82) is 0 Å². The van der Waals surface area contributed by atoms with Crippen molar-refractivity contribution in [3.8, 4) is 0 Å². The number of hydrogen-bond acceptors (Lipinski definition) is 3. The zero-order valence-corrected chi connectivity index (χ0v) is 11.9. The standard InChI is InChI=1S/C16H16F2N2O2/c1-10(14-7-11(17)5-6-15(14)18)19-12-3-2-4-13(8-12)20-16(22)9-21/h2-8,10,19,21H,9H2,1H3,(H,20,22). The van der Waals surface area contributed by atoms with E-state index in [0.717, 1.165) is 18.2 Å². The Labute approximate surface area is 126 Å². The van der Waals surface area contributed by atoms with Crippen LogP contribution >= 0.6 is 0 Å². The first kappa shape index (κ1) is 15.9. The average Bonchev–Trinajstić information content (AvgIpc) is 2.49. The Kier molecular flexibility index (Phi) is 5.06. The maximum Gasteiger partial charge on any atom is 0.250 e. The fourth-order valence-corrected chi connectivity index (χ4v) is 2.06. The van der Waals surface area contributed by atoms with E-state index in [1.54, 1.807) is 31.2 Å². The molecule has 0 saturated heterocycles. The minimum absolute atomic E-state index is 0.213. The van der Waals surface area contributed by atoms with Gasteiger partial charge in [-0.1, -0.05) is 6.07 Å². The Morgan fingerprint density at radius 2 is 1.91 bits per heavy atom. The lowest BCUT2D eigenvalue weighted by Gasteiger charge is -2.17. The molecule has 0 saturated carbocycles. The van der Waals surface area contributed by atoms with Crippen molar-refractivity contribution >= 4 is 17.3 Å². The maximum absolute atomic E-state index is 13.7. The van der Waals surface area contributed by atoms with E-state index >= 15 is 0 Å². The first-order chi connectivity index (χ1) is 10.5. The molecule has 4 nitrogen and oxygen atoms in total. The number of amides is 1. The van der Waals surface area contributed by atoms with Crippen LogP contribution < -0.4 is 10.6 Å². The molecule has 0 bridgehead atoms. The summed E-state index contributed by atoms with van der Waals surface area (Å²) in [5.41, 5.74) is 1.34. The van der Waals surface area contributed by atoms with Crippen molar-refractivity contribution in [3.63, 3.8) is 0 Å². The topological polar surface area (TPSA) is 61.4 Å². The average molecular weight is 306 g/mol. The molecule has 6 heteroatoms. The van der Waals surface area contributed by atoms with Crippen LogP contribution in [0.25, 0.3) is 0 Å². The number of hydrogen-bond donors (Lipinski definition) is 3. The normalized spacial score (nSPS) is 11.8. The van der Waals surface area contributed by atoms with Crippen molar-refractivity contribution < 1.29 is 18.7 Å². The molecular formula is C16H16F2N2O2. The van der Waals surface area contributed by atoms with Gasteiger partial charge in [-0.2, -0.15) is 0 Å². The number of rotatable bonds is 5. The van der Waals surface area contributed by atoms with Crippen LogP contribution in [0.5, 0.6) is 0 Å². The molecule has 0 spiro atoms. The molecule has 0 heterocycles. The van der Waals surface area contributed by atoms with Gasteiger partial charge in [-0.25, -0.2) is 8.78 Å². The van der Waals surface area contributed by atoms with Gasteiger partial charge in [0.25, 0.3) is 0 Å². The van der Waals surface area contributed by atoms with Crippen LogP contribution in [0.2, 0.25) is 0 Å². The van der Waals surface area contributed by atoms with E-state index in [2.05, 4.69) is 10.6 Å². The van der Waals surface area contributed by atoms with E-state index in [9.17, 15) is 13.6 Å². The number of benzene rings is 2. The fourth-order valence-electron chi connectivity index (χ4n) is 2.06. The lowest BCUT2D eigenvalue weighted by atomic mass is 10.1. The number of aliphatic hydroxyl groups excluding tert-OH is 1. The minimum Gasteiger partial charge on any atom is -0.387 e. The van der Waals surface area contributed by atoms with Gasteiger partial charge in [-0.05, 0) is 43.3 Å². The molecule has 0 aromatic heterocycles. The Bertz CT molecular complexity index is 677. The van der Waals surface area contributed by atoms with E-state index in [4.69, 9.17) is 5.11 Å². The molecule has 0 radical (unpaired) electrons. The highest BCUT2D eigenvalue weighted by atomic mass is 19.1. The van der Waals surface area contributed by atoms with Gasteiger partial charge in [0.05, 0.1) is 6.04 Å². The number of anilines is 2. The summed E-state index contributed by atoms with van der Waals surface area (Å²) in [7, 11) is 0. The molecular weight excluding hydrogens is 290 g/mol. The summed E-state index contributed by atoms with van der Waals surface area (Å²) < 4.78 is 27.0. The van der Waals surface area contributed by atoms with Crippen LogP contribution in [-0.2, 0) is 4.79 Å². The molecule has 1 atom stereocenters. The molecule has 1 unspecified atom stereocenters. The second-order valence-corrected chi connectivity index (χ2v) is 4.82. The van der Waals surface area contributed by atoms with Crippen molar-refractivity contribution in [2.75, 3.05) is 17.2 Å². The molecule has 22 heavy (non-hydrogen) atoms. The summed E-state index contributed by atoms with van der Waals surface area (Å²) in [6, 6.07) is 9.57. The molecule has 0 fully saturated rings. The summed E-state index contributed by atoms with van der Waals surface area (Å²) in [6.45, 7) is 1.10. The highest BCUT2D eigenvalue weighted by molar-refractivity contribution is 5.91. The van der Waals surface area contributed by atoms with E-state index in [1.165, 1.54) is 0 Å². The zero-order valence-electron chi connectivity index (χ0n) is 11.9. The van der Waals surface area contributed by atoms with Gasteiger partial charge < -0.3 is 15.7 Å². The van der Waals surface area contributed by atoms with Crippen molar-refractivity contribution in [3.05, 3.63) is 59.7 Å². The Morgan fingerprint density at radius 1 is 1.18 bits per heavy atom. The molecule has 0 aliphatic carbocycles. The second kappa shape index (κ2) is 7.00. The summed E-state index contributed by atoms with van der Waals surface area (Å²) in [5.74, 6) is -1.53. The van der Waals surface area contributed by atoms with Crippen molar-refractivity contribution in [2.45, 2.75) is 13.0 Å². The maximum atomic E-state index is 13.7. The van der Waals surface area contributed by atoms with Gasteiger partial charge in [-0.15, -0.1) is 0 Å². The molecule has 2 aromatic carbocycles. The first-order valence-electron chi connectivity index (χ1n) is 6.72. The highest BCUT2D eigenvalue weighted by Crippen LogP contribution is 2.24. The van der Waals surface area contributed by atoms with E-state index in [-0.39, 0.29) is 5.56 Å². The summed E-state index contributed by atoms with van der Waals surface area (Å²) in [5, 5.41) is 14.3. The predicted molar refractivity (Wildman–Crippen MR) is 80.6 cm³/mol. The predicted octanol–water partition coefficient (Wildman–Crippen LogP) is 3.07. The number of carbonyl (C=O) groups is 1. The number of carbonyl (C=O) groups excluding carboxylic acids is 1. The van der Waals surface area contributed by atoms with Gasteiger partial charge in [-0.3, -0.25) is 4.79 Å². The SMILES string of the molecule is CC(Nc1cccc(NC(=O)CO)c1)c1cc(F)ccc1F. The monoisotopic (exact) mass is 306 g/mol.